The zero-order valence-corrected chi connectivity index (χ0v) is 22.6. The first-order chi connectivity index (χ1) is 20.1. The molecule has 5 rings (SSSR count). The van der Waals surface area contributed by atoms with Crippen molar-refractivity contribution in [1.82, 2.24) is 4.90 Å². The molecule has 2 heterocycles. The van der Waals surface area contributed by atoms with Crippen molar-refractivity contribution in [3.8, 4) is 17.2 Å². The fourth-order valence-corrected chi connectivity index (χ4v) is 4.66. The van der Waals surface area contributed by atoms with Crippen LogP contribution in [0.5, 0.6) is 17.2 Å². The van der Waals surface area contributed by atoms with E-state index in [9.17, 15) is 27.2 Å². The highest BCUT2D eigenvalue weighted by atomic mass is 19.4. The topological polar surface area (TPSA) is 78.2 Å². The molecule has 0 radical (unpaired) electrons. The second kappa shape index (κ2) is 12.3. The number of halogens is 4. The van der Waals surface area contributed by atoms with Crippen LogP contribution in [0.1, 0.15) is 40.6 Å². The molecule has 1 aliphatic rings. The van der Waals surface area contributed by atoms with E-state index in [-0.39, 0.29) is 40.1 Å². The number of aryl methyl sites for hydroxylation is 1. The third kappa shape index (κ3) is 6.47. The maximum absolute atomic E-state index is 14.3. The minimum atomic E-state index is -5.08. The molecule has 0 atom stereocenters. The SMILES string of the molecule is CCCc1ccc(Oc2c(C(F)(F)F)oc3c(CN4CCOCC4)c(OC(=O)c4ccc(F)cc4)ccc3c2=O)cc1. The van der Waals surface area contributed by atoms with Gasteiger partial charge in [0.25, 0.3) is 5.76 Å². The molecule has 1 saturated heterocycles. The Labute approximate surface area is 238 Å². The van der Waals surface area contributed by atoms with E-state index in [1.165, 1.54) is 36.4 Å². The highest BCUT2D eigenvalue weighted by molar-refractivity contribution is 5.92. The van der Waals surface area contributed by atoms with Gasteiger partial charge in [-0.2, -0.15) is 13.2 Å². The van der Waals surface area contributed by atoms with Gasteiger partial charge in [-0.1, -0.05) is 25.5 Å². The Morgan fingerprint density at radius 1 is 0.976 bits per heavy atom. The molecule has 3 aromatic carbocycles. The van der Waals surface area contributed by atoms with Crippen LogP contribution in [0.2, 0.25) is 0 Å². The molecule has 1 aliphatic heterocycles. The van der Waals surface area contributed by atoms with Crippen molar-refractivity contribution >= 4 is 16.9 Å². The molecule has 4 aromatic rings. The third-order valence-electron chi connectivity index (χ3n) is 6.79. The molecule has 0 N–H and O–H groups in total. The molecule has 0 unspecified atom stereocenters. The minimum absolute atomic E-state index is 0.00601. The van der Waals surface area contributed by atoms with Crippen molar-refractivity contribution in [2.75, 3.05) is 26.3 Å². The summed E-state index contributed by atoms with van der Waals surface area (Å²) < 4.78 is 78.2. The lowest BCUT2D eigenvalue weighted by molar-refractivity contribution is -0.154. The standard InChI is InChI=1S/C31H27F4NO6/c1-2-3-19-4-10-22(11-5-19)40-28-26(37)23-12-13-25(41-30(38)20-6-8-21(32)9-7-20)24(18-36-14-16-39-17-15-36)27(23)42-29(28)31(33,34)35/h4-13H,2-3,14-18H2,1H3. The number of nitrogens with zero attached hydrogens (tertiary/aromatic N) is 1. The summed E-state index contributed by atoms with van der Waals surface area (Å²) in [5.74, 6) is -4.07. The van der Waals surface area contributed by atoms with Crippen LogP contribution < -0.4 is 14.9 Å². The number of alkyl halides is 3. The van der Waals surface area contributed by atoms with E-state index in [1.54, 1.807) is 12.1 Å². The molecule has 220 valence electrons. The predicted octanol–water partition coefficient (Wildman–Crippen LogP) is 6.75. The molecule has 1 fully saturated rings. The van der Waals surface area contributed by atoms with Crippen LogP contribution in [0.3, 0.4) is 0 Å². The molecule has 0 bridgehead atoms. The van der Waals surface area contributed by atoms with E-state index in [4.69, 9.17) is 18.6 Å². The summed E-state index contributed by atoms with van der Waals surface area (Å²) in [6, 6.07) is 13.6. The maximum atomic E-state index is 14.3. The lowest BCUT2D eigenvalue weighted by Gasteiger charge is -2.27. The van der Waals surface area contributed by atoms with Gasteiger partial charge in [0.2, 0.25) is 11.2 Å². The molecule has 0 amide bonds. The zero-order chi connectivity index (χ0) is 29.9. The number of esters is 1. The summed E-state index contributed by atoms with van der Waals surface area (Å²) in [6.07, 6.45) is -3.41. The maximum Gasteiger partial charge on any atom is 0.453 e. The minimum Gasteiger partial charge on any atom is -0.449 e. The van der Waals surface area contributed by atoms with Gasteiger partial charge in [0.05, 0.1) is 29.7 Å². The Bertz CT molecular complexity index is 1630. The summed E-state index contributed by atoms with van der Waals surface area (Å²) in [7, 11) is 0. The molecule has 1 aromatic heterocycles. The average Bonchev–Trinajstić information content (AvgIpc) is 2.97. The number of benzene rings is 3. The molecule has 7 nitrogen and oxygen atoms in total. The summed E-state index contributed by atoms with van der Waals surface area (Å²) in [4.78, 5) is 28.3. The van der Waals surface area contributed by atoms with Crippen LogP contribution >= 0.6 is 0 Å². The highest BCUT2D eigenvalue weighted by Crippen LogP contribution is 2.40. The van der Waals surface area contributed by atoms with Gasteiger partial charge in [-0.3, -0.25) is 9.69 Å². The van der Waals surface area contributed by atoms with Crippen molar-refractivity contribution in [3.05, 3.63) is 99.2 Å². The number of ether oxygens (including phenoxy) is 3. The summed E-state index contributed by atoms with van der Waals surface area (Å²) >= 11 is 0. The van der Waals surface area contributed by atoms with Crippen LogP contribution in [-0.4, -0.2) is 37.2 Å². The van der Waals surface area contributed by atoms with Gasteiger partial charge >= 0.3 is 12.1 Å². The Morgan fingerprint density at radius 3 is 2.31 bits per heavy atom. The summed E-state index contributed by atoms with van der Waals surface area (Å²) in [6.45, 7) is 3.69. The van der Waals surface area contributed by atoms with Crippen molar-refractivity contribution < 1.29 is 41.0 Å². The Morgan fingerprint density at radius 2 is 1.67 bits per heavy atom. The van der Waals surface area contributed by atoms with Gasteiger partial charge in [0.15, 0.2) is 0 Å². The Hall–Kier alpha value is -4.22. The fourth-order valence-electron chi connectivity index (χ4n) is 4.66. The summed E-state index contributed by atoms with van der Waals surface area (Å²) in [5, 5.41) is -0.176. The van der Waals surface area contributed by atoms with E-state index in [1.807, 2.05) is 11.8 Å². The first-order valence-corrected chi connectivity index (χ1v) is 13.4. The van der Waals surface area contributed by atoms with Crippen LogP contribution in [0.15, 0.2) is 69.9 Å². The molecule has 0 saturated carbocycles. The van der Waals surface area contributed by atoms with Crippen molar-refractivity contribution in [2.45, 2.75) is 32.5 Å². The van der Waals surface area contributed by atoms with Gasteiger partial charge in [-0.15, -0.1) is 0 Å². The largest absolute Gasteiger partial charge is 0.453 e. The second-order valence-corrected chi connectivity index (χ2v) is 9.79. The van der Waals surface area contributed by atoms with E-state index in [0.29, 0.717) is 26.3 Å². The molecule has 11 heteroatoms. The Kier molecular flexibility index (Phi) is 8.60. The van der Waals surface area contributed by atoms with Crippen LogP contribution in [0.4, 0.5) is 17.6 Å². The molecular formula is C31H27F4NO6. The first kappa shape index (κ1) is 29.3. The van der Waals surface area contributed by atoms with Gasteiger partial charge in [-0.25, -0.2) is 9.18 Å². The number of rotatable bonds is 8. The van der Waals surface area contributed by atoms with Gasteiger partial charge in [0.1, 0.15) is 22.9 Å². The molecular weight excluding hydrogens is 558 g/mol. The fraction of sp³-hybridized carbons (Fsp3) is 0.290. The van der Waals surface area contributed by atoms with E-state index in [2.05, 4.69) is 0 Å². The lowest BCUT2D eigenvalue weighted by Crippen LogP contribution is -2.36. The van der Waals surface area contributed by atoms with Crippen molar-refractivity contribution in [1.29, 1.82) is 0 Å². The average molecular weight is 586 g/mol. The molecule has 0 spiro atoms. The van der Waals surface area contributed by atoms with Crippen molar-refractivity contribution in [3.63, 3.8) is 0 Å². The Balaban J connectivity index is 1.62. The zero-order valence-electron chi connectivity index (χ0n) is 22.6. The number of carbonyl (C=O) groups excluding carboxylic acids is 1. The third-order valence-corrected chi connectivity index (χ3v) is 6.79. The quantitative estimate of drug-likeness (QED) is 0.129. The number of fused-ring (bicyclic) bond motifs is 1. The summed E-state index contributed by atoms with van der Waals surface area (Å²) in [5.41, 5.74) is -0.334. The number of morpholine rings is 1. The number of carbonyl (C=O) groups is 1. The monoisotopic (exact) mass is 585 g/mol. The first-order valence-electron chi connectivity index (χ1n) is 13.4. The van der Waals surface area contributed by atoms with E-state index >= 15 is 0 Å². The van der Waals surface area contributed by atoms with E-state index in [0.717, 1.165) is 30.5 Å². The second-order valence-electron chi connectivity index (χ2n) is 9.79. The van der Waals surface area contributed by atoms with Gasteiger partial charge in [0, 0.05) is 19.6 Å². The smallest absolute Gasteiger partial charge is 0.449 e. The van der Waals surface area contributed by atoms with Crippen LogP contribution in [0.25, 0.3) is 11.0 Å². The van der Waals surface area contributed by atoms with Crippen LogP contribution in [0, 0.1) is 5.82 Å². The normalized spacial score (nSPS) is 14.2. The van der Waals surface area contributed by atoms with E-state index < -0.39 is 34.9 Å². The number of hydrogen-bond acceptors (Lipinski definition) is 7. The lowest BCUT2D eigenvalue weighted by atomic mass is 10.1. The highest BCUT2D eigenvalue weighted by Gasteiger charge is 2.41. The number of hydrogen-bond donors (Lipinski definition) is 0. The predicted molar refractivity (Wildman–Crippen MR) is 145 cm³/mol. The van der Waals surface area contributed by atoms with Crippen LogP contribution in [-0.2, 0) is 23.9 Å². The molecule has 0 aliphatic carbocycles. The van der Waals surface area contributed by atoms with Gasteiger partial charge in [-0.05, 0) is 60.5 Å². The van der Waals surface area contributed by atoms with Crippen molar-refractivity contribution in [2.24, 2.45) is 0 Å². The van der Waals surface area contributed by atoms with Gasteiger partial charge < -0.3 is 18.6 Å². The molecule has 42 heavy (non-hydrogen) atoms.